The Kier molecular flexibility index (Phi) is 4.80. The zero-order valence-electron chi connectivity index (χ0n) is 17.4. The van der Waals surface area contributed by atoms with Gasteiger partial charge in [-0.2, -0.15) is 0 Å². The Balaban J connectivity index is 1.17. The minimum Gasteiger partial charge on any atom is -0.484 e. The van der Waals surface area contributed by atoms with Crippen LogP contribution in [0.2, 0.25) is 0 Å². The minimum absolute atomic E-state index is 0.378. The van der Waals surface area contributed by atoms with Crippen molar-refractivity contribution in [2.75, 3.05) is 38.3 Å². The van der Waals surface area contributed by atoms with Gasteiger partial charge in [0.25, 0.3) is 5.88 Å². The number of ether oxygens (including phenoxy) is 3. The molecule has 0 unspecified atom stereocenters. The largest absolute Gasteiger partial charge is 0.484 e. The van der Waals surface area contributed by atoms with Gasteiger partial charge in [0.15, 0.2) is 5.75 Å². The van der Waals surface area contributed by atoms with Crippen LogP contribution in [0.15, 0.2) is 49.2 Å². The van der Waals surface area contributed by atoms with E-state index in [9.17, 15) is 0 Å². The third kappa shape index (κ3) is 3.50. The van der Waals surface area contributed by atoms with Crippen LogP contribution in [0, 0.1) is 0 Å². The van der Waals surface area contributed by atoms with Crippen LogP contribution in [0.5, 0.6) is 11.6 Å². The number of nitrogens with one attached hydrogen (secondary N) is 1. The Bertz CT molecular complexity index is 1270. The molecule has 0 bridgehead atoms. The van der Waals surface area contributed by atoms with Crippen LogP contribution in [-0.4, -0.2) is 57.5 Å². The molecule has 6 heterocycles. The summed E-state index contributed by atoms with van der Waals surface area (Å²) in [5.74, 6) is 2.07. The van der Waals surface area contributed by atoms with Crippen molar-refractivity contribution >= 4 is 16.9 Å². The normalized spacial score (nSPS) is 15.5. The second-order valence-electron chi connectivity index (χ2n) is 7.82. The maximum absolute atomic E-state index is 5.74. The Hall–Kier alpha value is -3.72. The van der Waals surface area contributed by atoms with Gasteiger partial charge in [0.05, 0.1) is 24.9 Å². The highest BCUT2D eigenvalue weighted by Gasteiger charge is 2.22. The Labute approximate surface area is 184 Å². The van der Waals surface area contributed by atoms with Gasteiger partial charge in [0.2, 0.25) is 0 Å². The fourth-order valence-corrected chi connectivity index (χ4v) is 4.00. The minimum atomic E-state index is 0.378. The first-order chi connectivity index (χ1) is 15.8. The Morgan fingerprint density at radius 1 is 1.03 bits per heavy atom. The lowest BCUT2D eigenvalue weighted by molar-refractivity contribution is -0.0216. The molecule has 0 saturated carbocycles. The van der Waals surface area contributed by atoms with Crippen molar-refractivity contribution in [3.05, 3.63) is 54.7 Å². The quantitative estimate of drug-likeness (QED) is 0.499. The second-order valence-corrected chi connectivity index (χ2v) is 7.82. The molecule has 0 spiro atoms. The van der Waals surface area contributed by atoms with E-state index < -0.39 is 0 Å². The Morgan fingerprint density at radius 2 is 1.97 bits per heavy atom. The summed E-state index contributed by atoms with van der Waals surface area (Å²) in [6.45, 7) is 3.27. The molecule has 9 heteroatoms. The van der Waals surface area contributed by atoms with E-state index in [-0.39, 0.29) is 0 Å². The number of hydrogen-bond acceptors (Lipinski definition) is 8. The highest BCUT2D eigenvalue weighted by molar-refractivity contribution is 5.81. The fourth-order valence-electron chi connectivity index (χ4n) is 4.00. The van der Waals surface area contributed by atoms with Crippen molar-refractivity contribution in [1.82, 2.24) is 24.5 Å². The molecule has 4 aromatic rings. The number of fused-ring (bicyclic) bond motifs is 2. The molecule has 1 saturated heterocycles. The summed E-state index contributed by atoms with van der Waals surface area (Å²) in [6, 6.07) is 8.49. The van der Waals surface area contributed by atoms with E-state index >= 15 is 0 Å². The van der Waals surface area contributed by atoms with Crippen molar-refractivity contribution in [2.24, 2.45) is 0 Å². The first kappa shape index (κ1) is 19.0. The molecular weight excluding hydrogens is 408 g/mol. The number of pyridine rings is 2. The molecule has 6 rings (SSSR count). The van der Waals surface area contributed by atoms with Crippen molar-refractivity contribution in [3.63, 3.8) is 0 Å². The van der Waals surface area contributed by atoms with E-state index in [1.165, 1.54) is 0 Å². The standard InChI is InChI=1S/C23H22N6O3/c1(15-2-5-25-23-21(15)31-7-8-32-23)4-24-20-10-19(27-14-28-20)17-9-16-3-6-29(18-12-30-13-18)22(16)26-11-17/h2-3,5-6,9-11,14,18H,1,4,7-8,12-13H2,(H,24,27,28). The van der Waals surface area contributed by atoms with Crippen molar-refractivity contribution < 1.29 is 14.2 Å². The summed E-state index contributed by atoms with van der Waals surface area (Å²) in [6.07, 6.45) is 8.03. The van der Waals surface area contributed by atoms with Crippen LogP contribution in [0.4, 0.5) is 5.82 Å². The average molecular weight is 430 g/mol. The lowest BCUT2D eigenvalue weighted by Gasteiger charge is -2.27. The van der Waals surface area contributed by atoms with Gasteiger partial charge >= 0.3 is 0 Å². The van der Waals surface area contributed by atoms with Crippen LogP contribution in [0.1, 0.15) is 11.6 Å². The summed E-state index contributed by atoms with van der Waals surface area (Å²) in [5, 5.41) is 4.47. The first-order valence-electron chi connectivity index (χ1n) is 10.7. The monoisotopic (exact) mass is 430 g/mol. The molecule has 0 radical (unpaired) electrons. The zero-order valence-corrected chi connectivity index (χ0v) is 17.4. The van der Waals surface area contributed by atoms with E-state index in [0.717, 1.165) is 59.1 Å². The van der Waals surface area contributed by atoms with Gasteiger partial charge in [-0.25, -0.2) is 19.9 Å². The first-order valence-corrected chi connectivity index (χ1v) is 10.7. The number of hydrogen-bond donors (Lipinski definition) is 1. The molecule has 2 aliphatic rings. The van der Waals surface area contributed by atoms with Gasteiger partial charge in [0, 0.05) is 47.7 Å². The maximum Gasteiger partial charge on any atom is 0.257 e. The van der Waals surface area contributed by atoms with Gasteiger partial charge < -0.3 is 24.1 Å². The second kappa shape index (κ2) is 8.08. The summed E-state index contributed by atoms with van der Waals surface area (Å²) in [7, 11) is 0. The van der Waals surface area contributed by atoms with Crippen LogP contribution in [-0.2, 0) is 11.2 Å². The highest BCUT2D eigenvalue weighted by Crippen LogP contribution is 2.31. The van der Waals surface area contributed by atoms with Crippen molar-refractivity contribution in [3.8, 4) is 22.9 Å². The van der Waals surface area contributed by atoms with E-state index in [1.807, 2.05) is 18.3 Å². The van der Waals surface area contributed by atoms with E-state index in [1.54, 1.807) is 12.5 Å². The summed E-state index contributed by atoms with van der Waals surface area (Å²) >= 11 is 0. The SMILES string of the molecule is c1nc(NCCc2ccnc3c2OCCO3)cc(-c2cnc3c(ccn3C3COC3)c2)n1. The smallest absolute Gasteiger partial charge is 0.257 e. The third-order valence-electron chi connectivity index (χ3n) is 5.75. The van der Waals surface area contributed by atoms with Gasteiger partial charge in [-0.3, -0.25) is 0 Å². The number of anilines is 1. The molecule has 32 heavy (non-hydrogen) atoms. The molecule has 162 valence electrons. The predicted octanol–water partition coefficient (Wildman–Crippen LogP) is 2.89. The third-order valence-corrected chi connectivity index (χ3v) is 5.75. The van der Waals surface area contributed by atoms with Crippen LogP contribution >= 0.6 is 0 Å². The van der Waals surface area contributed by atoms with Crippen LogP contribution in [0.3, 0.4) is 0 Å². The molecule has 0 aromatic carbocycles. The van der Waals surface area contributed by atoms with Crippen LogP contribution < -0.4 is 14.8 Å². The van der Waals surface area contributed by atoms with Gasteiger partial charge in [0.1, 0.15) is 31.0 Å². The molecule has 1 fully saturated rings. The topological polar surface area (TPSA) is 96.2 Å². The van der Waals surface area contributed by atoms with Gasteiger partial charge in [-0.1, -0.05) is 0 Å². The van der Waals surface area contributed by atoms with Crippen molar-refractivity contribution in [2.45, 2.75) is 12.5 Å². The molecule has 0 aliphatic carbocycles. The molecule has 2 aliphatic heterocycles. The van der Waals surface area contributed by atoms with Gasteiger partial charge in [-0.15, -0.1) is 0 Å². The number of rotatable bonds is 6. The molecule has 0 atom stereocenters. The molecule has 9 nitrogen and oxygen atoms in total. The molecule has 0 amide bonds. The lowest BCUT2D eigenvalue weighted by Crippen LogP contribution is -2.30. The lowest BCUT2D eigenvalue weighted by atomic mass is 10.1. The Morgan fingerprint density at radius 3 is 2.88 bits per heavy atom. The highest BCUT2D eigenvalue weighted by atomic mass is 16.6. The maximum atomic E-state index is 5.74. The fraction of sp³-hybridized carbons (Fsp3) is 0.304. The van der Waals surface area contributed by atoms with E-state index in [0.29, 0.717) is 31.7 Å². The van der Waals surface area contributed by atoms with Crippen LogP contribution in [0.25, 0.3) is 22.3 Å². The van der Waals surface area contributed by atoms with Crippen molar-refractivity contribution in [1.29, 1.82) is 0 Å². The summed E-state index contributed by atoms with van der Waals surface area (Å²) in [5.41, 5.74) is 3.82. The van der Waals surface area contributed by atoms with E-state index in [2.05, 4.69) is 48.1 Å². The summed E-state index contributed by atoms with van der Waals surface area (Å²) < 4.78 is 18.8. The van der Waals surface area contributed by atoms with E-state index in [4.69, 9.17) is 14.2 Å². The molecule has 4 aromatic heterocycles. The molecule has 1 N–H and O–H groups in total. The van der Waals surface area contributed by atoms with Gasteiger partial charge in [-0.05, 0) is 24.6 Å². The summed E-state index contributed by atoms with van der Waals surface area (Å²) in [4.78, 5) is 17.7. The molecular formula is C23H22N6O3. The zero-order chi connectivity index (χ0) is 21.3. The predicted molar refractivity (Wildman–Crippen MR) is 118 cm³/mol. The average Bonchev–Trinajstić information content (AvgIpc) is 3.21. The number of nitrogens with zero attached hydrogens (tertiary/aromatic N) is 5. The number of aromatic nitrogens is 5.